The van der Waals surface area contributed by atoms with E-state index in [-0.39, 0.29) is 25.5 Å². The Morgan fingerprint density at radius 2 is 1.89 bits per heavy atom. The zero-order valence-electron chi connectivity index (χ0n) is 15.7. The Labute approximate surface area is 172 Å². The molecule has 1 saturated heterocycles. The number of carbonyl (C=O) groups excluding carboxylic acids is 3. The summed E-state index contributed by atoms with van der Waals surface area (Å²) in [4.78, 5) is 38.2. The van der Waals surface area contributed by atoms with Gasteiger partial charge in [0.1, 0.15) is 0 Å². The van der Waals surface area contributed by atoms with Gasteiger partial charge in [-0.1, -0.05) is 34.1 Å². The molecule has 6 nitrogen and oxygen atoms in total. The zero-order valence-corrected chi connectivity index (χ0v) is 17.3. The van der Waals surface area contributed by atoms with E-state index < -0.39 is 17.8 Å². The molecule has 1 fully saturated rings. The third-order valence-electron chi connectivity index (χ3n) is 4.65. The van der Waals surface area contributed by atoms with Crippen molar-refractivity contribution in [1.29, 1.82) is 0 Å². The first-order valence-corrected chi connectivity index (χ1v) is 9.73. The van der Waals surface area contributed by atoms with Gasteiger partial charge in [-0.2, -0.15) is 0 Å². The van der Waals surface area contributed by atoms with Crippen molar-refractivity contribution in [2.45, 2.75) is 20.3 Å². The normalized spacial score (nSPS) is 16.2. The van der Waals surface area contributed by atoms with E-state index in [1.807, 2.05) is 56.3 Å². The highest BCUT2D eigenvalue weighted by molar-refractivity contribution is 9.10. The topological polar surface area (TPSA) is 75.7 Å². The van der Waals surface area contributed by atoms with Gasteiger partial charge in [-0.05, 0) is 49.2 Å². The van der Waals surface area contributed by atoms with Gasteiger partial charge in [-0.15, -0.1) is 0 Å². The summed E-state index contributed by atoms with van der Waals surface area (Å²) in [5.74, 6) is -1.65. The largest absolute Gasteiger partial charge is 0.455 e. The Hall–Kier alpha value is -2.67. The Morgan fingerprint density at radius 1 is 1.18 bits per heavy atom. The van der Waals surface area contributed by atoms with E-state index in [1.165, 1.54) is 0 Å². The monoisotopic (exact) mass is 444 g/mol. The fourth-order valence-corrected chi connectivity index (χ4v) is 3.54. The molecule has 1 N–H and O–H groups in total. The number of benzene rings is 2. The molecule has 0 aromatic heterocycles. The first kappa shape index (κ1) is 20.1. The molecule has 2 aromatic carbocycles. The second-order valence-corrected chi connectivity index (χ2v) is 7.67. The summed E-state index contributed by atoms with van der Waals surface area (Å²) in [6.45, 7) is 3.68. The number of amides is 2. The zero-order chi connectivity index (χ0) is 20.3. The number of nitrogens with one attached hydrogen (secondary N) is 1. The van der Waals surface area contributed by atoms with Gasteiger partial charge in [-0.3, -0.25) is 14.4 Å². The number of hydrogen-bond acceptors (Lipinski definition) is 4. The van der Waals surface area contributed by atoms with Crippen LogP contribution in [0, 0.1) is 19.8 Å². The summed E-state index contributed by atoms with van der Waals surface area (Å²) in [5.41, 5.74) is 3.31. The molecule has 3 rings (SSSR count). The van der Waals surface area contributed by atoms with Crippen LogP contribution in [0.4, 0.5) is 11.4 Å². The highest BCUT2D eigenvalue weighted by Gasteiger charge is 2.36. The maximum atomic E-state index is 12.3. The maximum Gasteiger partial charge on any atom is 0.311 e. The van der Waals surface area contributed by atoms with Gasteiger partial charge in [0, 0.05) is 28.8 Å². The molecule has 0 aliphatic carbocycles. The standard InChI is InChI=1S/C21H21BrN2O4/c1-13-9-18(14(2)8-17(13)22)23-19(25)12-28-21(27)15-10-20(26)24(11-15)16-6-4-3-5-7-16/h3-9,15H,10-12H2,1-2H3,(H,23,25)/t15-/m0/s1. The van der Waals surface area contributed by atoms with Crippen LogP contribution in [0.15, 0.2) is 46.9 Å². The molecule has 1 atom stereocenters. The van der Waals surface area contributed by atoms with E-state index in [0.29, 0.717) is 5.69 Å². The van der Waals surface area contributed by atoms with Crippen molar-refractivity contribution in [2.75, 3.05) is 23.4 Å². The summed E-state index contributed by atoms with van der Waals surface area (Å²) in [6, 6.07) is 13.0. The number of para-hydroxylation sites is 1. The highest BCUT2D eigenvalue weighted by Crippen LogP contribution is 2.26. The van der Waals surface area contributed by atoms with Gasteiger partial charge in [0.25, 0.3) is 5.91 Å². The minimum Gasteiger partial charge on any atom is -0.455 e. The fourth-order valence-electron chi connectivity index (χ4n) is 3.08. The number of hydrogen-bond donors (Lipinski definition) is 1. The lowest BCUT2D eigenvalue weighted by atomic mass is 10.1. The number of nitrogens with zero attached hydrogens (tertiary/aromatic N) is 1. The minimum absolute atomic E-state index is 0.0837. The van der Waals surface area contributed by atoms with Gasteiger partial charge in [0.15, 0.2) is 6.61 Å². The van der Waals surface area contributed by atoms with Gasteiger partial charge in [-0.25, -0.2) is 0 Å². The van der Waals surface area contributed by atoms with Crippen molar-refractivity contribution >= 4 is 45.1 Å². The average Bonchev–Trinajstić information content (AvgIpc) is 3.06. The molecule has 0 saturated carbocycles. The second kappa shape index (κ2) is 8.56. The number of aryl methyl sites for hydroxylation is 2. The fraction of sp³-hybridized carbons (Fsp3) is 0.286. The molecule has 146 valence electrons. The van der Waals surface area contributed by atoms with Gasteiger partial charge in [0.05, 0.1) is 5.92 Å². The average molecular weight is 445 g/mol. The summed E-state index contributed by atoms with van der Waals surface area (Å²) in [5, 5.41) is 2.75. The van der Waals surface area contributed by atoms with Crippen molar-refractivity contribution in [3.63, 3.8) is 0 Å². The van der Waals surface area contributed by atoms with Crippen LogP contribution in [0.25, 0.3) is 0 Å². The van der Waals surface area contributed by atoms with Crippen LogP contribution < -0.4 is 10.2 Å². The third-order valence-corrected chi connectivity index (χ3v) is 5.51. The number of rotatable bonds is 5. The summed E-state index contributed by atoms with van der Waals surface area (Å²) >= 11 is 3.45. The van der Waals surface area contributed by atoms with Crippen LogP contribution in [-0.4, -0.2) is 30.9 Å². The molecule has 0 radical (unpaired) electrons. The Bertz CT molecular complexity index is 914. The molecule has 1 aliphatic rings. The molecular formula is C21H21BrN2O4. The Kier molecular flexibility index (Phi) is 6.14. The van der Waals surface area contributed by atoms with Crippen LogP contribution in [0.5, 0.6) is 0 Å². The van der Waals surface area contributed by atoms with E-state index in [9.17, 15) is 14.4 Å². The summed E-state index contributed by atoms with van der Waals surface area (Å²) < 4.78 is 6.11. The highest BCUT2D eigenvalue weighted by atomic mass is 79.9. The quantitative estimate of drug-likeness (QED) is 0.714. The van der Waals surface area contributed by atoms with E-state index in [4.69, 9.17) is 4.74 Å². The molecule has 28 heavy (non-hydrogen) atoms. The molecule has 2 aromatic rings. The van der Waals surface area contributed by atoms with E-state index in [2.05, 4.69) is 21.2 Å². The van der Waals surface area contributed by atoms with Crippen LogP contribution in [-0.2, 0) is 19.1 Å². The minimum atomic E-state index is -0.572. The van der Waals surface area contributed by atoms with Crippen molar-refractivity contribution in [3.05, 3.63) is 58.1 Å². The number of anilines is 2. The molecule has 1 heterocycles. The number of carbonyl (C=O) groups is 3. The van der Waals surface area contributed by atoms with Gasteiger partial charge in [0.2, 0.25) is 5.91 Å². The van der Waals surface area contributed by atoms with Crippen molar-refractivity contribution in [3.8, 4) is 0 Å². The lowest BCUT2D eigenvalue weighted by Crippen LogP contribution is -2.28. The Morgan fingerprint density at radius 3 is 2.61 bits per heavy atom. The van der Waals surface area contributed by atoms with Crippen LogP contribution in [0.1, 0.15) is 17.5 Å². The number of ether oxygens (including phenoxy) is 1. The summed E-state index contributed by atoms with van der Waals surface area (Å²) in [7, 11) is 0. The van der Waals surface area contributed by atoms with Crippen LogP contribution in [0.3, 0.4) is 0 Å². The van der Waals surface area contributed by atoms with Crippen LogP contribution >= 0.6 is 15.9 Å². The van der Waals surface area contributed by atoms with Crippen molar-refractivity contribution < 1.29 is 19.1 Å². The third kappa shape index (κ3) is 4.59. The van der Waals surface area contributed by atoms with Crippen molar-refractivity contribution in [1.82, 2.24) is 0 Å². The molecule has 1 aliphatic heterocycles. The molecule has 2 amide bonds. The van der Waals surface area contributed by atoms with E-state index in [1.54, 1.807) is 4.90 Å². The predicted molar refractivity (Wildman–Crippen MR) is 110 cm³/mol. The lowest BCUT2D eigenvalue weighted by molar-refractivity contribution is -0.151. The first-order valence-electron chi connectivity index (χ1n) is 8.94. The smallest absolute Gasteiger partial charge is 0.311 e. The van der Waals surface area contributed by atoms with Gasteiger partial charge >= 0.3 is 5.97 Å². The maximum absolute atomic E-state index is 12.3. The molecule has 0 unspecified atom stereocenters. The Balaban J connectivity index is 1.54. The molecule has 7 heteroatoms. The van der Waals surface area contributed by atoms with Crippen LogP contribution in [0.2, 0.25) is 0 Å². The molecular weight excluding hydrogens is 424 g/mol. The number of esters is 1. The van der Waals surface area contributed by atoms with E-state index in [0.717, 1.165) is 21.3 Å². The lowest BCUT2D eigenvalue weighted by Gasteiger charge is -2.16. The molecule has 0 bridgehead atoms. The van der Waals surface area contributed by atoms with Gasteiger partial charge < -0.3 is 15.0 Å². The first-order chi connectivity index (χ1) is 13.3. The second-order valence-electron chi connectivity index (χ2n) is 6.81. The SMILES string of the molecule is Cc1cc(NC(=O)COC(=O)[C@H]2CC(=O)N(c3ccccc3)C2)c(C)cc1Br. The van der Waals surface area contributed by atoms with E-state index >= 15 is 0 Å². The molecule has 0 spiro atoms. The number of halogens is 1. The predicted octanol–water partition coefficient (Wildman–Crippen LogP) is 3.60. The van der Waals surface area contributed by atoms with Crippen molar-refractivity contribution in [2.24, 2.45) is 5.92 Å². The summed E-state index contributed by atoms with van der Waals surface area (Å²) in [6.07, 6.45) is 0.0837.